The largest absolute Gasteiger partial charge is 0.336 e. The number of rotatable bonds is 5. The van der Waals surface area contributed by atoms with Gasteiger partial charge in [0.25, 0.3) is 5.91 Å². The molecule has 0 bridgehead atoms. The van der Waals surface area contributed by atoms with Gasteiger partial charge in [-0.25, -0.2) is 0 Å². The number of aromatic nitrogens is 1. The molecule has 0 aliphatic heterocycles. The standard InChI is InChI=1S/C13H21N3O/c1-10(2)16(6-4-5-14)13(17)12-7-11(3)8-15-9-12/h7-10H,4-6,14H2,1-3H3. The Bertz CT molecular complexity index is 377. The zero-order chi connectivity index (χ0) is 12.8. The van der Waals surface area contributed by atoms with Crippen LogP contribution in [0.1, 0.15) is 36.2 Å². The van der Waals surface area contributed by atoms with Crippen molar-refractivity contribution in [3.8, 4) is 0 Å². The molecular weight excluding hydrogens is 214 g/mol. The minimum absolute atomic E-state index is 0.0321. The van der Waals surface area contributed by atoms with Crippen LogP contribution in [-0.4, -0.2) is 34.9 Å². The Kier molecular flexibility index (Phi) is 5.10. The molecule has 0 unspecified atom stereocenters. The first-order valence-electron chi connectivity index (χ1n) is 5.99. The van der Waals surface area contributed by atoms with E-state index in [2.05, 4.69) is 4.98 Å². The van der Waals surface area contributed by atoms with E-state index in [0.717, 1.165) is 12.0 Å². The maximum atomic E-state index is 12.3. The van der Waals surface area contributed by atoms with Crippen molar-refractivity contribution in [1.82, 2.24) is 9.88 Å². The fourth-order valence-electron chi connectivity index (χ4n) is 1.69. The lowest BCUT2D eigenvalue weighted by atomic mass is 10.1. The Labute approximate surface area is 103 Å². The van der Waals surface area contributed by atoms with E-state index < -0.39 is 0 Å². The Hall–Kier alpha value is -1.42. The highest BCUT2D eigenvalue weighted by molar-refractivity contribution is 5.94. The fourth-order valence-corrected chi connectivity index (χ4v) is 1.69. The van der Waals surface area contributed by atoms with E-state index in [1.54, 1.807) is 12.4 Å². The molecular formula is C13H21N3O. The van der Waals surface area contributed by atoms with Crippen LogP contribution < -0.4 is 5.73 Å². The number of aryl methyl sites for hydroxylation is 1. The molecule has 1 aromatic heterocycles. The molecule has 0 aliphatic carbocycles. The molecule has 1 aromatic rings. The Morgan fingerprint density at radius 2 is 2.18 bits per heavy atom. The maximum Gasteiger partial charge on any atom is 0.255 e. The zero-order valence-electron chi connectivity index (χ0n) is 10.8. The van der Waals surface area contributed by atoms with Gasteiger partial charge in [0, 0.05) is 25.0 Å². The summed E-state index contributed by atoms with van der Waals surface area (Å²) in [5.74, 6) is 0.0321. The molecule has 17 heavy (non-hydrogen) atoms. The molecule has 4 nitrogen and oxygen atoms in total. The number of carbonyl (C=O) groups is 1. The van der Waals surface area contributed by atoms with Crippen LogP contribution in [0.5, 0.6) is 0 Å². The van der Waals surface area contributed by atoms with Gasteiger partial charge in [0.05, 0.1) is 5.56 Å². The number of amides is 1. The number of pyridine rings is 1. The number of hydrogen-bond acceptors (Lipinski definition) is 3. The highest BCUT2D eigenvalue weighted by Gasteiger charge is 2.18. The van der Waals surface area contributed by atoms with E-state index in [-0.39, 0.29) is 11.9 Å². The molecule has 2 N–H and O–H groups in total. The van der Waals surface area contributed by atoms with Gasteiger partial charge in [-0.2, -0.15) is 0 Å². The van der Waals surface area contributed by atoms with Gasteiger partial charge >= 0.3 is 0 Å². The summed E-state index contributed by atoms with van der Waals surface area (Å²) in [7, 11) is 0. The average Bonchev–Trinajstić information content (AvgIpc) is 2.29. The summed E-state index contributed by atoms with van der Waals surface area (Å²) in [6.45, 7) is 7.25. The lowest BCUT2D eigenvalue weighted by Gasteiger charge is -2.26. The molecule has 0 aromatic carbocycles. The number of hydrogen-bond donors (Lipinski definition) is 1. The molecule has 1 amide bonds. The van der Waals surface area contributed by atoms with Crippen LogP contribution in [0.4, 0.5) is 0 Å². The topological polar surface area (TPSA) is 59.2 Å². The second kappa shape index (κ2) is 6.35. The first kappa shape index (κ1) is 13.6. The molecule has 94 valence electrons. The number of carbonyl (C=O) groups excluding carboxylic acids is 1. The predicted molar refractivity (Wildman–Crippen MR) is 68.8 cm³/mol. The van der Waals surface area contributed by atoms with Crippen molar-refractivity contribution in [2.75, 3.05) is 13.1 Å². The minimum atomic E-state index is 0.0321. The van der Waals surface area contributed by atoms with Gasteiger partial charge in [-0.3, -0.25) is 9.78 Å². The normalized spacial score (nSPS) is 10.6. The van der Waals surface area contributed by atoms with Crippen LogP contribution >= 0.6 is 0 Å². The summed E-state index contributed by atoms with van der Waals surface area (Å²) in [6.07, 6.45) is 4.19. The third kappa shape index (κ3) is 3.82. The Balaban J connectivity index is 2.84. The van der Waals surface area contributed by atoms with Gasteiger partial charge in [0.1, 0.15) is 0 Å². The molecule has 4 heteroatoms. The van der Waals surface area contributed by atoms with E-state index in [4.69, 9.17) is 5.73 Å². The molecule has 0 fully saturated rings. The third-order valence-electron chi connectivity index (χ3n) is 2.61. The van der Waals surface area contributed by atoms with E-state index >= 15 is 0 Å². The third-order valence-corrected chi connectivity index (χ3v) is 2.61. The minimum Gasteiger partial charge on any atom is -0.336 e. The predicted octanol–water partition coefficient (Wildman–Crippen LogP) is 1.59. The van der Waals surface area contributed by atoms with Crippen LogP contribution in [0.2, 0.25) is 0 Å². The van der Waals surface area contributed by atoms with Crippen molar-refractivity contribution >= 4 is 5.91 Å². The first-order chi connectivity index (χ1) is 8.06. The Morgan fingerprint density at radius 1 is 1.47 bits per heavy atom. The van der Waals surface area contributed by atoms with Gasteiger partial charge in [-0.1, -0.05) is 0 Å². The molecule has 0 saturated heterocycles. The maximum absolute atomic E-state index is 12.3. The van der Waals surface area contributed by atoms with Crippen molar-refractivity contribution in [2.24, 2.45) is 5.73 Å². The smallest absolute Gasteiger partial charge is 0.255 e. The van der Waals surface area contributed by atoms with Gasteiger partial charge in [0.2, 0.25) is 0 Å². The highest BCUT2D eigenvalue weighted by Crippen LogP contribution is 2.09. The summed E-state index contributed by atoms with van der Waals surface area (Å²) in [4.78, 5) is 18.2. The molecule has 1 rings (SSSR count). The molecule has 1 heterocycles. The monoisotopic (exact) mass is 235 g/mol. The molecule has 0 aliphatic rings. The highest BCUT2D eigenvalue weighted by atomic mass is 16.2. The SMILES string of the molecule is Cc1cncc(C(=O)N(CCCN)C(C)C)c1. The number of nitrogens with zero attached hydrogens (tertiary/aromatic N) is 2. The van der Waals surface area contributed by atoms with E-state index in [9.17, 15) is 4.79 Å². The van der Waals surface area contributed by atoms with Crippen molar-refractivity contribution in [2.45, 2.75) is 33.2 Å². The van der Waals surface area contributed by atoms with Gasteiger partial charge in [0.15, 0.2) is 0 Å². The second-order valence-electron chi connectivity index (χ2n) is 4.49. The van der Waals surface area contributed by atoms with Crippen molar-refractivity contribution in [1.29, 1.82) is 0 Å². The van der Waals surface area contributed by atoms with E-state index in [1.165, 1.54) is 0 Å². The van der Waals surface area contributed by atoms with Crippen LogP contribution in [0.15, 0.2) is 18.5 Å². The lowest BCUT2D eigenvalue weighted by molar-refractivity contribution is 0.0704. The summed E-state index contributed by atoms with van der Waals surface area (Å²) in [6, 6.07) is 2.04. The van der Waals surface area contributed by atoms with Gasteiger partial charge < -0.3 is 10.6 Å². The Morgan fingerprint density at radius 3 is 2.71 bits per heavy atom. The summed E-state index contributed by atoms with van der Waals surface area (Å²) in [5.41, 5.74) is 7.14. The van der Waals surface area contributed by atoms with Crippen molar-refractivity contribution in [3.63, 3.8) is 0 Å². The average molecular weight is 235 g/mol. The zero-order valence-corrected chi connectivity index (χ0v) is 10.8. The lowest BCUT2D eigenvalue weighted by Crippen LogP contribution is -2.38. The molecule has 0 atom stereocenters. The van der Waals surface area contributed by atoms with E-state index in [0.29, 0.717) is 18.7 Å². The summed E-state index contributed by atoms with van der Waals surface area (Å²) in [5, 5.41) is 0. The first-order valence-corrected chi connectivity index (χ1v) is 5.99. The van der Waals surface area contributed by atoms with Gasteiger partial charge in [-0.05, 0) is 45.4 Å². The molecule has 0 saturated carbocycles. The van der Waals surface area contributed by atoms with Crippen LogP contribution in [0.25, 0.3) is 0 Å². The van der Waals surface area contributed by atoms with Crippen LogP contribution in [-0.2, 0) is 0 Å². The fraction of sp³-hybridized carbons (Fsp3) is 0.538. The quantitative estimate of drug-likeness (QED) is 0.843. The summed E-state index contributed by atoms with van der Waals surface area (Å²) < 4.78 is 0. The van der Waals surface area contributed by atoms with Crippen molar-refractivity contribution < 1.29 is 4.79 Å². The van der Waals surface area contributed by atoms with Crippen LogP contribution in [0.3, 0.4) is 0 Å². The second-order valence-corrected chi connectivity index (χ2v) is 4.49. The van der Waals surface area contributed by atoms with Crippen molar-refractivity contribution in [3.05, 3.63) is 29.6 Å². The van der Waals surface area contributed by atoms with E-state index in [1.807, 2.05) is 31.7 Å². The van der Waals surface area contributed by atoms with Gasteiger partial charge in [-0.15, -0.1) is 0 Å². The summed E-state index contributed by atoms with van der Waals surface area (Å²) >= 11 is 0. The van der Waals surface area contributed by atoms with Crippen LogP contribution in [0, 0.1) is 6.92 Å². The molecule has 0 radical (unpaired) electrons. The number of nitrogens with two attached hydrogens (primary N) is 1. The molecule has 0 spiro atoms.